The van der Waals surface area contributed by atoms with Gasteiger partial charge in [0.25, 0.3) is 0 Å². The van der Waals surface area contributed by atoms with Gasteiger partial charge in [0.2, 0.25) is 0 Å². The number of ketones is 1. The van der Waals surface area contributed by atoms with Crippen molar-refractivity contribution < 1.29 is 4.79 Å². The van der Waals surface area contributed by atoms with Crippen LogP contribution in [0.25, 0.3) is 0 Å². The summed E-state index contributed by atoms with van der Waals surface area (Å²) in [6.07, 6.45) is 2.33. The average molecular weight is 347 g/mol. The van der Waals surface area contributed by atoms with Crippen LogP contribution in [0.1, 0.15) is 29.4 Å². The molecule has 0 amide bonds. The minimum Gasteiger partial charge on any atom is -0.297 e. The third kappa shape index (κ3) is 5.06. The molecule has 1 aromatic heterocycles. The maximum absolute atomic E-state index is 12.2. The van der Waals surface area contributed by atoms with Gasteiger partial charge in [-0.05, 0) is 30.8 Å². The Hall–Kier alpha value is -1.52. The van der Waals surface area contributed by atoms with Gasteiger partial charge < -0.3 is 0 Å². The van der Waals surface area contributed by atoms with E-state index in [9.17, 15) is 4.79 Å². The summed E-state index contributed by atoms with van der Waals surface area (Å²) >= 11 is 3.40. The zero-order valence-electron chi connectivity index (χ0n) is 12.1. The monoisotopic (exact) mass is 346 g/mol. The summed E-state index contributed by atoms with van der Waals surface area (Å²) in [6, 6.07) is 13.5. The summed E-state index contributed by atoms with van der Waals surface area (Å²) < 4.78 is 0.939. The molecule has 4 heteroatoms. The summed E-state index contributed by atoms with van der Waals surface area (Å²) in [5.74, 6) is 0.177. The van der Waals surface area contributed by atoms with Crippen LogP contribution in [0.3, 0.4) is 0 Å². The lowest BCUT2D eigenvalue weighted by atomic mass is 10.1. The molecule has 0 N–H and O–H groups in total. The molecule has 0 saturated heterocycles. The van der Waals surface area contributed by atoms with Crippen LogP contribution in [0.2, 0.25) is 0 Å². The van der Waals surface area contributed by atoms with Crippen LogP contribution in [-0.2, 0) is 6.54 Å². The van der Waals surface area contributed by atoms with Gasteiger partial charge in [0, 0.05) is 35.7 Å². The lowest BCUT2D eigenvalue weighted by Crippen LogP contribution is -2.26. The largest absolute Gasteiger partial charge is 0.297 e. The number of nitrogens with zero attached hydrogens (tertiary/aromatic N) is 2. The molecule has 0 unspecified atom stereocenters. The second-order valence-electron chi connectivity index (χ2n) is 4.87. The molecule has 2 rings (SSSR count). The van der Waals surface area contributed by atoms with Crippen molar-refractivity contribution in [3.05, 3.63) is 64.4 Å². The number of rotatable bonds is 7. The fraction of sp³-hybridized carbons (Fsp3) is 0.294. The zero-order chi connectivity index (χ0) is 15.1. The van der Waals surface area contributed by atoms with Crippen molar-refractivity contribution in [1.29, 1.82) is 0 Å². The van der Waals surface area contributed by atoms with Gasteiger partial charge in [-0.15, -0.1) is 0 Å². The molecule has 110 valence electrons. The van der Waals surface area contributed by atoms with Crippen LogP contribution >= 0.6 is 15.9 Å². The maximum Gasteiger partial charge on any atom is 0.164 e. The van der Waals surface area contributed by atoms with Crippen LogP contribution in [0.4, 0.5) is 0 Å². The van der Waals surface area contributed by atoms with Crippen molar-refractivity contribution in [2.45, 2.75) is 19.9 Å². The highest BCUT2D eigenvalue weighted by Gasteiger charge is 2.10. The van der Waals surface area contributed by atoms with Gasteiger partial charge in [-0.25, -0.2) is 0 Å². The van der Waals surface area contributed by atoms with E-state index >= 15 is 0 Å². The Morgan fingerprint density at radius 3 is 2.76 bits per heavy atom. The highest BCUT2D eigenvalue weighted by molar-refractivity contribution is 9.10. The molecule has 1 aromatic carbocycles. The van der Waals surface area contributed by atoms with E-state index in [1.54, 1.807) is 6.20 Å². The van der Waals surface area contributed by atoms with Gasteiger partial charge in [0.15, 0.2) is 5.78 Å². The van der Waals surface area contributed by atoms with Crippen molar-refractivity contribution in [1.82, 2.24) is 9.88 Å². The molecule has 0 aliphatic heterocycles. The Bertz CT molecular complexity index is 586. The number of hydrogen-bond donors (Lipinski definition) is 0. The van der Waals surface area contributed by atoms with Crippen LogP contribution < -0.4 is 0 Å². The minimum absolute atomic E-state index is 0.177. The van der Waals surface area contributed by atoms with Crippen molar-refractivity contribution in [3.8, 4) is 0 Å². The van der Waals surface area contributed by atoms with E-state index in [2.05, 4.69) is 32.7 Å². The third-order valence-electron chi connectivity index (χ3n) is 3.36. The van der Waals surface area contributed by atoms with Crippen molar-refractivity contribution in [2.24, 2.45) is 0 Å². The smallest absolute Gasteiger partial charge is 0.164 e. The summed E-state index contributed by atoms with van der Waals surface area (Å²) in [5, 5.41) is 0. The van der Waals surface area contributed by atoms with Gasteiger partial charge in [-0.3, -0.25) is 14.7 Å². The second-order valence-corrected chi connectivity index (χ2v) is 5.79. The van der Waals surface area contributed by atoms with Gasteiger partial charge in [-0.2, -0.15) is 0 Å². The zero-order valence-corrected chi connectivity index (χ0v) is 13.7. The number of carbonyl (C=O) groups is 1. The van der Waals surface area contributed by atoms with Crippen LogP contribution in [0.15, 0.2) is 53.1 Å². The number of halogens is 1. The number of pyridine rings is 1. The molecule has 0 fully saturated rings. The van der Waals surface area contributed by atoms with E-state index in [1.165, 1.54) is 0 Å². The first kappa shape index (κ1) is 15.9. The molecule has 3 nitrogen and oxygen atoms in total. The van der Waals surface area contributed by atoms with E-state index in [0.717, 1.165) is 35.4 Å². The SMILES string of the molecule is CCN(CCC(=O)c1cccc(Br)c1)Cc1ccccn1. The number of benzene rings is 1. The molecular formula is C17H19BrN2O. The molecule has 2 aromatic rings. The van der Waals surface area contributed by atoms with E-state index < -0.39 is 0 Å². The third-order valence-corrected chi connectivity index (χ3v) is 3.85. The summed E-state index contributed by atoms with van der Waals surface area (Å²) in [7, 11) is 0. The first-order chi connectivity index (χ1) is 10.2. The Morgan fingerprint density at radius 1 is 1.24 bits per heavy atom. The quantitative estimate of drug-likeness (QED) is 0.712. The number of hydrogen-bond acceptors (Lipinski definition) is 3. The molecule has 1 heterocycles. The predicted molar refractivity (Wildman–Crippen MR) is 88.3 cm³/mol. The van der Waals surface area contributed by atoms with Crippen LogP contribution in [0.5, 0.6) is 0 Å². The molecule has 0 bridgehead atoms. The summed E-state index contributed by atoms with van der Waals surface area (Å²) in [6.45, 7) is 4.54. The van der Waals surface area contributed by atoms with E-state index in [0.29, 0.717) is 6.42 Å². The van der Waals surface area contributed by atoms with Gasteiger partial charge >= 0.3 is 0 Å². The average Bonchev–Trinajstić information content (AvgIpc) is 2.52. The first-order valence-electron chi connectivity index (χ1n) is 7.10. The van der Waals surface area contributed by atoms with Crippen molar-refractivity contribution >= 4 is 21.7 Å². The fourth-order valence-corrected chi connectivity index (χ4v) is 2.53. The Balaban J connectivity index is 1.89. The summed E-state index contributed by atoms with van der Waals surface area (Å²) in [5.41, 5.74) is 1.80. The van der Waals surface area contributed by atoms with E-state index in [1.807, 2.05) is 42.5 Å². The lowest BCUT2D eigenvalue weighted by molar-refractivity contribution is 0.0963. The van der Waals surface area contributed by atoms with E-state index in [4.69, 9.17) is 0 Å². The highest BCUT2D eigenvalue weighted by atomic mass is 79.9. The standard InChI is InChI=1S/C17H19BrN2O/c1-2-20(13-16-8-3-4-10-19-16)11-9-17(21)14-6-5-7-15(18)12-14/h3-8,10,12H,2,9,11,13H2,1H3. The fourth-order valence-electron chi connectivity index (χ4n) is 2.14. The number of Topliss-reactive ketones (excluding diaryl/α,β-unsaturated/α-hetero) is 1. The Labute approximate surface area is 134 Å². The summed E-state index contributed by atoms with van der Waals surface area (Å²) in [4.78, 5) is 18.8. The van der Waals surface area contributed by atoms with Crippen LogP contribution in [-0.4, -0.2) is 28.8 Å². The number of carbonyl (C=O) groups excluding carboxylic acids is 1. The molecule has 0 atom stereocenters. The second kappa shape index (κ2) is 8.05. The Kier molecular flexibility index (Phi) is 6.08. The molecule has 0 spiro atoms. The van der Waals surface area contributed by atoms with Crippen molar-refractivity contribution in [3.63, 3.8) is 0 Å². The maximum atomic E-state index is 12.2. The number of aromatic nitrogens is 1. The molecule has 0 aliphatic rings. The lowest BCUT2D eigenvalue weighted by Gasteiger charge is -2.19. The first-order valence-corrected chi connectivity index (χ1v) is 7.89. The molecule has 21 heavy (non-hydrogen) atoms. The Morgan fingerprint density at radius 2 is 2.10 bits per heavy atom. The molecule has 0 radical (unpaired) electrons. The minimum atomic E-state index is 0.177. The molecule has 0 saturated carbocycles. The highest BCUT2D eigenvalue weighted by Crippen LogP contribution is 2.13. The van der Waals surface area contributed by atoms with Crippen LogP contribution in [0, 0.1) is 0 Å². The molecule has 0 aliphatic carbocycles. The van der Waals surface area contributed by atoms with Gasteiger partial charge in [0.05, 0.1) is 5.69 Å². The van der Waals surface area contributed by atoms with E-state index in [-0.39, 0.29) is 5.78 Å². The van der Waals surface area contributed by atoms with Gasteiger partial charge in [-0.1, -0.05) is 41.1 Å². The normalized spacial score (nSPS) is 10.8. The topological polar surface area (TPSA) is 33.2 Å². The predicted octanol–water partition coefficient (Wildman–Crippen LogP) is 3.94. The van der Waals surface area contributed by atoms with Gasteiger partial charge in [0.1, 0.15) is 0 Å². The van der Waals surface area contributed by atoms with Crippen molar-refractivity contribution in [2.75, 3.05) is 13.1 Å². The molecular weight excluding hydrogens is 328 g/mol.